The molecule has 0 spiro atoms. The summed E-state index contributed by atoms with van der Waals surface area (Å²) in [7, 11) is -2.48. The maximum absolute atomic E-state index is 12.7. The van der Waals surface area contributed by atoms with Crippen LogP contribution in [0, 0.1) is 0 Å². The van der Waals surface area contributed by atoms with Crippen LogP contribution in [0.15, 0.2) is 81.3 Å². The maximum Gasteiger partial charge on any atom is 0.271 e. The molecular formula is C20H19N3O5S. The largest absolute Gasteiger partial charge is 0.495 e. The SMILES string of the molecule is COc1ccccc1NS(=O)(=O)c1cccc(C(=O)NN=C(C)c2ccco2)c1. The number of nitrogens with zero attached hydrogens (tertiary/aromatic N) is 1. The van der Waals surface area contributed by atoms with Gasteiger partial charge in [0, 0.05) is 5.56 Å². The molecule has 0 aliphatic rings. The van der Waals surface area contributed by atoms with Gasteiger partial charge in [-0.25, -0.2) is 13.8 Å². The zero-order chi connectivity index (χ0) is 20.9. The van der Waals surface area contributed by atoms with E-state index in [1.165, 1.54) is 37.6 Å². The molecule has 0 saturated carbocycles. The number of benzene rings is 2. The van der Waals surface area contributed by atoms with Gasteiger partial charge < -0.3 is 9.15 Å². The van der Waals surface area contributed by atoms with Crippen molar-refractivity contribution in [2.24, 2.45) is 5.10 Å². The molecule has 8 nitrogen and oxygen atoms in total. The second-order valence-corrected chi connectivity index (χ2v) is 7.63. The highest BCUT2D eigenvalue weighted by atomic mass is 32.2. The monoisotopic (exact) mass is 413 g/mol. The van der Waals surface area contributed by atoms with E-state index in [-0.39, 0.29) is 10.5 Å². The van der Waals surface area contributed by atoms with E-state index >= 15 is 0 Å². The summed E-state index contributed by atoms with van der Waals surface area (Å²) in [5.74, 6) is 0.348. The molecule has 1 heterocycles. The first-order valence-corrected chi connectivity index (χ1v) is 10.0. The van der Waals surface area contributed by atoms with Crippen molar-refractivity contribution in [1.82, 2.24) is 5.43 Å². The zero-order valence-electron chi connectivity index (χ0n) is 15.7. The van der Waals surface area contributed by atoms with Gasteiger partial charge in [0.25, 0.3) is 15.9 Å². The lowest BCUT2D eigenvalue weighted by Crippen LogP contribution is -2.20. The molecule has 1 amide bonds. The van der Waals surface area contributed by atoms with Crippen LogP contribution in [0.2, 0.25) is 0 Å². The Labute approximate surface area is 168 Å². The molecule has 0 saturated heterocycles. The third-order valence-electron chi connectivity index (χ3n) is 3.96. The van der Waals surface area contributed by atoms with Gasteiger partial charge in [-0.1, -0.05) is 18.2 Å². The van der Waals surface area contributed by atoms with Gasteiger partial charge in [0.15, 0.2) is 0 Å². The predicted octanol–water partition coefficient (Wildman–Crippen LogP) is 3.24. The average Bonchev–Trinajstić information content (AvgIpc) is 3.27. The molecule has 0 radical (unpaired) electrons. The van der Waals surface area contributed by atoms with Crippen molar-refractivity contribution in [1.29, 1.82) is 0 Å². The lowest BCUT2D eigenvalue weighted by molar-refractivity contribution is 0.0954. The van der Waals surface area contributed by atoms with Crippen molar-refractivity contribution in [3.05, 3.63) is 78.3 Å². The number of amides is 1. The first-order valence-electron chi connectivity index (χ1n) is 8.55. The fourth-order valence-electron chi connectivity index (χ4n) is 2.48. The standard InChI is InChI=1S/C20H19N3O5S/c1-14(18-11-6-12-28-18)21-22-20(24)15-7-5-8-16(13-15)29(25,26)23-17-9-3-4-10-19(17)27-2/h3-13,23H,1-2H3,(H,22,24). The molecule has 1 aromatic heterocycles. The van der Waals surface area contributed by atoms with Gasteiger partial charge in [0.05, 0.1) is 24.0 Å². The molecule has 9 heteroatoms. The van der Waals surface area contributed by atoms with E-state index in [4.69, 9.17) is 9.15 Å². The smallest absolute Gasteiger partial charge is 0.271 e. The number of hydrazone groups is 1. The second kappa shape index (κ2) is 8.61. The number of nitrogens with one attached hydrogen (secondary N) is 2. The Bertz CT molecular complexity index is 1140. The Hall–Kier alpha value is -3.59. The molecule has 0 atom stereocenters. The summed E-state index contributed by atoms with van der Waals surface area (Å²) in [6.45, 7) is 1.68. The minimum atomic E-state index is -3.93. The van der Waals surface area contributed by atoms with Crippen LogP contribution in [-0.4, -0.2) is 27.1 Å². The second-order valence-electron chi connectivity index (χ2n) is 5.95. The van der Waals surface area contributed by atoms with Gasteiger partial charge in [-0.05, 0) is 49.4 Å². The number of ether oxygens (including phenoxy) is 1. The van der Waals surface area contributed by atoms with E-state index in [9.17, 15) is 13.2 Å². The summed E-state index contributed by atoms with van der Waals surface area (Å²) in [6, 6.07) is 15.7. The van der Waals surface area contributed by atoms with Gasteiger partial charge in [0.1, 0.15) is 17.2 Å². The summed E-state index contributed by atoms with van der Waals surface area (Å²) in [5.41, 5.74) is 3.30. The van der Waals surface area contributed by atoms with Crippen molar-refractivity contribution in [3.63, 3.8) is 0 Å². The predicted molar refractivity (Wildman–Crippen MR) is 109 cm³/mol. The van der Waals surface area contributed by atoms with E-state index in [1.54, 1.807) is 43.3 Å². The minimum absolute atomic E-state index is 0.0669. The third kappa shape index (κ3) is 4.82. The number of anilines is 1. The molecule has 2 N–H and O–H groups in total. The van der Waals surface area contributed by atoms with Crippen LogP contribution in [0.25, 0.3) is 0 Å². The zero-order valence-corrected chi connectivity index (χ0v) is 16.6. The van der Waals surface area contributed by atoms with Crippen LogP contribution in [0.3, 0.4) is 0 Å². The fourth-order valence-corrected chi connectivity index (χ4v) is 3.59. The molecule has 3 rings (SSSR count). The van der Waals surface area contributed by atoms with Gasteiger partial charge >= 0.3 is 0 Å². The molecule has 29 heavy (non-hydrogen) atoms. The van der Waals surface area contributed by atoms with E-state index in [2.05, 4.69) is 15.2 Å². The first kappa shape index (κ1) is 20.2. The number of furan rings is 1. The Morgan fingerprint density at radius 2 is 1.86 bits per heavy atom. The topological polar surface area (TPSA) is 110 Å². The number of rotatable bonds is 7. The number of sulfonamides is 1. The number of para-hydroxylation sites is 2. The molecular weight excluding hydrogens is 394 g/mol. The third-order valence-corrected chi connectivity index (χ3v) is 5.32. The molecule has 0 fully saturated rings. The van der Waals surface area contributed by atoms with Crippen LogP contribution in [0.1, 0.15) is 23.0 Å². The Morgan fingerprint density at radius 1 is 1.07 bits per heavy atom. The number of hydrogen-bond donors (Lipinski definition) is 2. The number of carbonyl (C=O) groups excluding carboxylic acids is 1. The number of methoxy groups -OCH3 is 1. The maximum atomic E-state index is 12.7. The van der Waals surface area contributed by atoms with E-state index < -0.39 is 15.9 Å². The minimum Gasteiger partial charge on any atom is -0.495 e. The molecule has 0 unspecified atom stereocenters. The van der Waals surface area contributed by atoms with E-state index in [1.807, 2.05) is 0 Å². The summed E-state index contributed by atoms with van der Waals surface area (Å²) in [4.78, 5) is 12.3. The van der Waals surface area contributed by atoms with Gasteiger partial charge in [0.2, 0.25) is 0 Å². The van der Waals surface area contributed by atoms with Gasteiger partial charge in [-0.3, -0.25) is 9.52 Å². The highest BCUT2D eigenvalue weighted by molar-refractivity contribution is 7.92. The highest BCUT2D eigenvalue weighted by Crippen LogP contribution is 2.26. The lowest BCUT2D eigenvalue weighted by Gasteiger charge is -2.12. The van der Waals surface area contributed by atoms with Crippen LogP contribution >= 0.6 is 0 Å². The van der Waals surface area contributed by atoms with Gasteiger partial charge in [-0.2, -0.15) is 5.10 Å². The number of hydrogen-bond acceptors (Lipinski definition) is 6. The Kier molecular flexibility index (Phi) is 5.99. The van der Waals surface area contributed by atoms with Crippen molar-refractivity contribution < 1.29 is 22.4 Å². The van der Waals surface area contributed by atoms with E-state index in [0.717, 1.165) is 0 Å². The summed E-state index contributed by atoms with van der Waals surface area (Å²) in [6.07, 6.45) is 1.50. The average molecular weight is 413 g/mol. The van der Waals surface area contributed by atoms with E-state index in [0.29, 0.717) is 22.9 Å². The van der Waals surface area contributed by atoms with Crippen LogP contribution in [0.4, 0.5) is 5.69 Å². The Morgan fingerprint density at radius 3 is 2.59 bits per heavy atom. The van der Waals surface area contributed by atoms with Crippen molar-refractivity contribution in [2.75, 3.05) is 11.8 Å². The molecule has 0 aliphatic carbocycles. The fraction of sp³-hybridized carbons (Fsp3) is 0.100. The first-order chi connectivity index (χ1) is 13.9. The summed E-state index contributed by atoms with van der Waals surface area (Å²) in [5, 5.41) is 3.97. The molecule has 0 bridgehead atoms. The molecule has 2 aromatic carbocycles. The van der Waals surface area contributed by atoms with Crippen molar-refractivity contribution >= 4 is 27.3 Å². The van der Waals surface area contributed by atoms with Crippen LogP contribution in [0.5, 0.6) is 5.75 Å². The normalized spacial score (nSPS) is 11.7. The lowest BCUT2D eigenvalue weighted by atomic mass is 10.2. The number of carbonyl (C=O) groups is 1. The van der Waals surface area contributed by atoms with Gasteiger partial charge in [-0.15, -0.1) is 0 Å². The quantitative estimate of drug-likeness (QED) is 0.456. The molecule has 0 aliphatic heterocycles. The molecule has 150 valence electrons. The summed E-state index contributed by atoms with van der Waals surface area (Å²) < 4.78 is 38.3. The van der Waals surface area contributed by atoms with Crippen molar-refractivity contribution in [3.8, 4) is 5.75 Å². The molecule has 3 aromatic rings. The Balaban J connectivity index is 1.79. The van der Waals surface area contributed by atoms with Crippen LogP contribution in [-0.2, 0) is 10.0 Å². The van der Waals surface area contributed by atoms with Crippen LogP contribution < -0.4 is 14.9 Å². The highest BCUT2D eigenvalue weighted by Gasteiger charge is 2.18. The van der Waals surface area contributed by atoms with Crippen molar-refractivity contribution in [2.45, 2.75) is 11.8 Å². The summed E-state index contributed by atoms with van der Waals surface area (Å²) >= 11 is 0.